The van der Waals surface area contributed by atoms with E-state index in [-0.39, 0.29) is 11.4 Å². The average Bonchev–Trinajstić information content (AvgIpc) is 3.11. The third-order valence-corrected chi connectivity index (χ3v) is 3.76. The lowest BCUT2D eigenvalue weighted by Gasteiger charge is -2.08. The van der Waals surface area contributed by atoms with Crippen molar-refractivity contribution < 1.29 is 27.6 Å². The summed E-state index contributed by atoms with van der Waals surface area (Å²) in [5.74, 6) is -1.94. The molecule has 0 aliphatic rings. The van der Waals surface area contributed by atoms with Crippen LogP contribution in [0.3, 0.4) is 0 Å². The number of carbonyl (C=O) groups is 3. The zero-order valence-corrected chi connectivity index (χ0v) is 14.5. The average molecular weight is 403 g/mol. The SMILES string of the molecule is NC(=O)c1nn(-c2ccc(C=O)cc2)cc1NC(=O)c1cccc(C(F)(F)F)n1. The van der Waals surface area contributed by atoms with Gasteiger partial charge in [-0.05, 0) is 36.4 Å². The van der Waals surface area contributed by atoms with Crippen molar-refractivity contribution in [3.05, 3.63) is 71.3 Å². The highest BCUT2D eigenvalue weighted by Crippen LogP contribution is 2.27. The number of aromatic nitrogens is 3. The van der Waals surface area contributed by atoms with Gasteiger partial charge in [-0.25, -0.2) is 9.67 Å². The van der Waals surface area contributed by atoms with Gasteiger partial charge in [0.1, 0.15) is 17.7 Å². The van der Waals surface area contributed by atoms with Crippen molar-refractivity contribution in [2.45, 2.75) is 6.18 Å². The monoisotopic (exact) mass is 403 g/mol. The van der Waals surface area contributed by atoms with Gasteiger partial charge in [-0.2, -0.15) is 18.3 Å². The van der Waals surface area contributed by atoms with Gasteiger partial charge in [0.15, 0.2) is 5.69 Å². The van der Waals surface area contributed by atoms with E-state index in [9.17, 15) is 27.6 Å². The topological polar surface area (TPSA) is 120 Å². The number of pyridine rings is 1. The van der Waals surface area contributed by atoms with Crippen molar-refractivity contribution in [2.75, 3.05) is 5.32 Å². The minimum absolute atomic E-state index is 0.110. The number of hydrogen-bond donors (Lipinski definition) is 2. The van der Waals surface area contributed by atoms with Gasteiger partial charge in [0.25, 0.3) is 11.8 Å². The predicted octanol–water partition coefficient (Wildman–Crippen LogP) is 2.45. The summed E-state index contributed by atoms with van der Waals surface area (Å²) in [4.78, 5) is 38.0. The summed E-state index contributed by atoms with van der Waals surface area (Å²) in [6.45, 7) is 0. The van der Waals surface area contributed by atoms with Gasteiger partial charge in [0, 0.05) is 5.56 Å². The molecule has 1 aromatic carbocycles. The van der Waals surface area contributed by atoms with E-state index in [1.807, 2.05) is 0 Å². The van der Waals surface area contributed by atoms with E-state index in [0.29, 0.717) is 17.5 Å². The van der Waals surface area contributed by atoms with Crippen LogP contribution in [0.15, 0.2) is 48.7 Å². The van der Waals surface area contributed by atoms with Gasteiger partial charge >= 0.3 is 6.18 Å². The number of nitrogens with two attached hydrogens (primary N) is 1. The molecule has 0 saturated carbocycles. The van der Waals surface area contributed by atoms with Crippen molar-refractivity contribution in [2.24, 2.45) is 5.73 Å². The minimum atomic E-state index is -4.72. The van der Waals surface area contributed by atoms with Crippen LogP contribution < -0.4 is 11.1 Å². The second-order valence-electron chi connectivity index (χ2n) is 5.77. The van der Waals surface area contributed by atoms with Crippen molar-refractivity contribution in [3.63, 3.8) is 0 Å². The van der Waals surface area contributed by atoms with Gasteiger partial charge in [0.2, 0.25) is 0 Å². The molecule has 8 nitrogen and oxygen atoms in total. The Morgan fingerprint density at radius 1 is 1.10 bits per heavy atom. The number of benzene rings is 1. The summed E-state index contributed by atoms with van der Waals surface area (Å²) in [5, 5.41) is 6.27. The van der Waals surface area contributed by atoms with E-state index in [4.69, 9.17) is 5.73 Å². The lowest BCUT2D eigenvalue weighted by atomic mass is 10.2. The fourth-order valence-corrected chi connectivity index (χ4v) is 2.39. The molecule has 148 valence electrons. The Hall–Kier alpha value is -4.02. The highest BCUT2D eigenvalue weighted by Gasteiger charge is 2.33. The Morgan fingerprint density at radius 3 is 2.38 bits per heavy atom. The van der Waals surface area contributed by atoms with Crippen LogP contribution in [0, 0.1) is 0 Å². The molecular weight excluding hydrogens is 391 g/mol. The number of rotatable bonds is 5. The number of halogens is 3. The number of hydrogen-bond acceptors (Lipinski definition) is 5. The zero-order valence-electron chi connectivity index (χ0n) is 14.5. The first-order valence-corrected chi connectivity index (χ1v) is 7.99. The maximum absolute atomic E-state index is 12.8. The summed E-state index contributed by atoms with van der Waals surface area (Å²) in [6, 6.07) is 8.97. The molecule has 3 N–H and O–H groups in total. The van der Waals surface area contributed by atoms with Crippen LogP contribution in [0.1, 0.15) is 37.0 Å². The summed E-state index contributed by atoms with van der Waals surface area (Å²) < 4.78 is 39.6. The predicted molar refractivity (Wildman–Crippen MR) is 94.7 cm³/mol. The molecule has 0 radical (unpaired) electrons. The molecule has 0 spiro atoms. The lowest BCUT2D eigenvalue weighted by molar-refractivity contribution is -0.141. The second-order valence-corrected chi connectivity index (χ2v) is 5.77. The first kappa shape index (κ1) is 19.7. The maximum atomic E-state index is 12.8. The standard InChI is InChI=1S/C18H12F3N5O3/c19-18(20,21)14-3-1-2-12(23-14)17(29)24-13-8-26(25-15(13)16(22)28)11-6-4-10(9-27)5-7-11/h1-9H,(H2,22,28)(H,24,29). The molecule has 0 unspecified atom stereocenters. The van der Waals surface area contributed by atoms with Gasteiger partial charge in [-0.3, -0.25) is 14.4 Å². The molecule has 0 aliphatic carbocycles. The molecule has 3 rings (SSSR count). The molecule has 0 atom stereocenters. The summed E-state index contributed by atoms with van der Waals surface area (Å²) in [7, 11) is 0. The molecule has 0 bridgehead atoms. The molecule has 2 amide bonds. The molecule has 2 aromatic heterocycles. The fourth-order valence-electron chi connectivity index (χ4n) is 2.39. The maximum Gasteiger partial charge on any atom is 0.433 e. The highest BCUT2D eigenvalue weighted by molar-refractivity contribution is 6.07. The Bertz CT molecular complexity index is 1090. The Balaban J connectivity index is 1.92. The summed E-state index contributed by atoms with van der Waals surface area (Å²) in [5.41, 5.74) is 4.00. The van der Waals surface area contributed by atoms with E-state index in [0.717, 1.165) is 18.2 Å². The van der Waals surface area contributed by atoms with Crippen molar-refractivity contribution in [1.82, 2.24) is 14.8 Å². The molecule has 0 saturated heterocycles. The van der Waals surface area contributed by atoms with E-state index in [1.165, 1.54) is 23.0 Å². The van der Waals surface area contributed by atoms with Crippen LogP contribution in [0.2, 0.25) is 0 Å². The second kappa shape index (κ2) is 7.54. The van der Waals surface area contributed by atoms with Crippen molar-refractivity contribution >= 4 is 23.8 Å². The van der Waals surface area contributed by atoms with E-state index >= 15 is 0 Å². The highest BCUT2D eigenvalue weighted by atomic mass is 19.4. The molecule has 29 heavy (non-hydrogen) atoms. The first-order chi connectivity index (χ1) is 13.7. The van der Waals surface area contributed by atoms with Crippen LogP contribution in [-0.2, 0) is 6.18 Å². The van der Waals surface area contributed by atoms with Gasteiger partial charge in [0.05, 0.1) is 17.6 Å². The number of aldehydes is 1. The molecule has 2 heterocycles. The molecular formula is C18H12F3N5O3. The third kappa shape index (κ3) is 4.29. The largest absolute Gasteiger partial charge is 0.433 e. The number of nitrogens with one attached hydrogen (secondary N) is 1. The minimum Gasteiger partial charge on any atom is -0.364 e. The van der Waals surface area contributed by atoms with Crippen LogP contribution in [-0.4, -0.2) is 32.9 Å². The normalized spacial score (nSPS) is 11.1. The number of amides is 2. The number of anilines is 1. The molecule has 3 aromatic rings. The molecule has 0 aliphatic heterocycles. The van der Waals surface area contributed by atoms with Gasteiger partial charge < -0.3 is 11.1 Å². The lowest BCUT2D eigenvalue weighted by Crippen LogP contribution is -2.19. The van der Waals surface area contributed by atoms with E-state index in [1.54, 1.807) is 12.1 Å². The van der Waals surface area contributed by atoms with E-state index in [2.05, 4.69) is 15.4 Å². The van der Waals surface area contributed by atoms with Gasteiger partial charge in [-0.1, -0.05) is 6.07 Å². The van der Waals surface area contributed by atoms with Crippen LogP contribution >= 0.6 is 0 Å². The Kier molecular flexibility index (Phi) is 5.13. The molecule has 11 heteroatoms. The smallest absolute Gasteiger partial charge is 0.364 e. The zero-order chi connectivity index (χ0) is 21.2. The number of carbonyl (C=O) groups excluding carboxylic acids is 3. The van der Waals surface area contributed by atoms with Gasteiger partial charge in [-0.15, -0.1) is 0 Å². The summed E-state index contributed by atoms with van der Waals surface area (Å²) >= 11 is 0. The third-order valence-electron chi connectivity index (χ3n) is 3.76. The Morgan fingerprint density at radius 2 is 1.79 bits per heavy atom. The van der Waals surface area contributed by atoms with Crippen LogP contribution in [0.5, 0.6) is 0 Å². The molecule has 0 fully saturated rings. The quantitative estimate of drug-likeness (QED) is 0.634. The fraction of sp³-hybridized carbons (Fsp3) is 0.0556. The number of primary amides is 1. The van der Waals surface area contributed by atoms with E-state index < -0.39 is 29.4 Å². The van der Waals surface area contributed by atoms with Crippen molar-refractivity contribution in [1.29, 1.82) is 0 Å². The number of alkyl halides is 3. The van der Waals surface area contributed by atoms with Crippen molar-refractivity contribution in [3.8, 4) is 5.69 Å². The number of nitrogens with zero attached hydrogens (tertiary/aromatic N) is 3. The Labute approximate surface area is 161 Å². The van der Waals surface area contributed by atoms with Crippen LogP contribution in [0.25, 0.3) is 5.69 Å². The first-order valence-electron chi connectivity index (χ1n) is 7.99. The van der Waals surface area contributed by atoms with Crippen LogP contribution in [0.4, 0.5) is 18.9 Å². The summed E-state index contributed by atoms with van der Waals surface area (Å²) in [6.07, 6.45) is -2.80.